The molecule has 0 spiro atoms. The smallest absolute Gasteiger partial charge is 0.323 e. The van der Waals surface area contributed by atoms with Gasteiger partial charge in [-0.25, -0.2) is 0 Å². The molecule has 0 aliphatic heterocycles. The highest BCUT2D eigenvalue weighted by atomic mass is 16.5. The summed E-state index contributed by atoms with van der Waals surface area (Å²) in [6.07, 6.45) is 3.21. The zero-order chi connectivity index (χ0) is 25.8. The lowest BCUT2D eigenvalue weighted by molar-refractivity contribution is -0.137. The van der Waals surface area contributed by atoms with Crippen molar-refractivity contribution in [1.82, 2.24) is 0 Å². The predicted molar refractivity (Wildman–Crippen MR) is 139 cm³/mol. The maximum Gasteiger partial charge on any atom is 0.323 e. The van der Waals surface area contributed by atoms with Gasteiger partial charge < -0.3 is 25.2 Å². The first-order chi connectivity index (χ1) is 17.3. The lowest BCUT2D eigenvalue weighted by atomic mass is 9.91. The molecule has 6 nitrogen and oxygen atoms in total. The number of phenols is 4. The van der Waals surface area contributed by atoms with Crippen molar-refractivity contribution in [1.29, 1.82) is 0 Å². The summed E-state index contributed by atoms with van der Waals surface area (Å²) in [5.74, 6) is -2.90. The first kappa shape index (κ1) is 24.4. The van der Waals surface area contributed by atoms with E-state index in [0.717, 1.165) is 16.7 Å². The molecule has 4 N–H and O–H groups in total. The quantitative estimate of drug-likeness (QED) is 0.110. The Bertz CT molecular complexity index is 1430. The average molecular weight is 483 g/mol. The minimum Gasteiger partial charge on any atom is -0.507 e. The fraction of sp³-hybridized carbons (Fsp3) is 0.100. The van der Waals surface area contributed by atoms with Crippen LogP contribution in [0.15, 0.2) is 96.6 Å². The minimum atomic E-state index is -0.754. The Hall–Kier alpha value is -4.71. The zero-order valence-electron chi connectivity index (χ0n) is 19.8. The number of ether oxygens (including phenoxy) is 1. The van der Waals surface area contributed by atoms with Gasteiger partial charge in [0, 0.05) is 0 Å². The molecule has 0 saturated carbocycles. The van der Waals surface area contributed by atoms with E-state index in [-0.39, 0.29) is 33.6 Å². The van der Waals surface area contributed by atoms with E-state index < -0.39 is 23.4 Å². The zero-order valence-corrected chi connectivity index (χ0v) is 19.8. The fourth-order valence-electron chi connectivity index (χ4n) is 4.02. The standard InChI is InChI=1S/C30H26O6/c1-18(2)13-16-25(21-17-24(33)27-22(31)14-15-23(32)28(27)29(21)34)36-30(35)26(19-9-5-3-6-10-19)20-11-7-4-8-12-20/h3-17,26,31-34H,1-2H3/b25-16-. The maximum absolute atomic E-state index is 13.6. The molecule has 0 unspecified atom stereocenters. The summed E-state index contributed by atoms with van der Waals surface area (Å²) >= 11 is 0. The number of hydrogen-bond donors (Lipinski definition) is 4. The average Bonchev–Trinajstić information content (AvgIpc) is 2.87. The van der Waals surface area contributed by atoms with Crippen LogP contribution in [0.25, 0.3) is 16.5 Å². The Labute approximate surface area is 208 Å². The van der Waals surface area contributed by atoms with Crippen LogP contribution in [0.3, 0.4) is 0 Å². The molecule has 0 atom stereocenters. The van der Waals surface area contributed by atoms with E-state index in [1.165, 1.54) is 24.3 Å². The second kappa shape index (κ2) is 10.3. The Morgan fingerprint density at radius 3 is 1.78 bits per heavy atom. The number of allylic oxidation sites excluding steroid dienone is 3. The van der Waals surface area contributed by atoms with E-state index in [1.807, 2.05) is 74.5 Å². The number of carbonyl (C=O) groups is 1. The number of hydrogen-bond acceptors (Lipinski definition) is 6. The summed E-state index contributed by atoms with van der Waals surface area (Å²) in [6.45, 7) is 3.71. The monoisotopic (exact) mass is 482 g/mol. The van der Waals surface area contributed by atoms with Gasteiger partial charge in [0.25, 0.3) is 0 Å². The molecule has 0 heterocycles. The highest BCUT2D eigenvalue weighted by molar-refractivity contribution is 6.04. The van der Waals surface area contributed by atoms with Gasteiger partial charge in [0.15, 0.2) is 0 Å². The van der Waals surface area contributed by atoms with E-state index in [1.54, 1.807) is 6.08 Å². The van der Waals surface area contributed by atoms with Crippen LogP contribution < -0.4 is 0 Å². The molecule has 4 aromatic rings. The molecule has 36 heavy (non-hydrogen) atoms. The third kappa shape index (κ3) is 4.88. The van der Waals surface area contributed by atoms with Gasteiger partial charge in [-0.1, -0.05) is 72.3 Å². The van der Waals surface area contributed by atoms with Crippen LogP contribution in [0.1, 0.15) is 36.5 Å². The van der Waals surface area contributed by atoms with Crippen LogP contribution in [-0.4, -0.2) is 26.4 Å². The molecule has 0 saturated heterocycles. The van der Waals surface area contributed by atoms with E-state index in [2.05, 4.69) is 0 Å². The molecule has 0 aromatic heterocycles. The SMILES string of the molecule is CC(C)=C/C=C(\OC(=O)C(c1ccccc1)c1ccccc1)c1cc(O)c2c(O)ccc(O)c2c1O. The van der Waals surface area contributed by atoms with Gasteiger partial charge in [-0.15, -0.1) is 0 Å². The molecule has 4 aromatic carbocycles. The first-order valence-electron chi connectivity index (χ1n) is 11.3. The Kier molecular flexibility index (Phi) is 6.97. The van der Waals surface area contributed by atoms with Gasteiger partial charge in [0.1, 0.15) is 34.7 Å². The summed E-state index contributed by atoms with van der Waals surface area (Å²) in [5.41, 5.74) is 2.33. The fourth-order valence-corrected chi connectivity index (χ4v) is 4.02. The summed E-state index contributed by atoms with van der Waals surface area (Å²) in [7, 11) is 0. The minimum absolute atomic E-state index is 0.0216. The highest BCUT2D eigenvalue weighted by Crippen LogP contribution is 2.46. The predicted octanol–water partition coefficient (Wildman–Crippen LogP) is 6.34. The normalized spacial score (nSPS) is 11.5. The van der Waals surface area contributed by atoms with Crippen molar-refractivity contribution in [3.05, 3.63) is 113 Å². The van der Waals surface area contributed by atoms with Crippen LogP contribution in [0.5, 0.6) is 23.0 Å². The molecule has 6 heteroatoms. The van der Waals surface area contributed by atoms with E-state index in [4.69, 9.17) is 4.74 Å². The molecule has 0 amide bonds. The van der Waals surface area contributed by atoms with Crippen molar-refractivity contribution in [2.45, 2.75) is 19.8 Å². The number of benzene rings is 4. The third-order valence-electron chi connectivity index (χ3n) is 5.74. The second-order valence-electron chi connectivity index (χ2n) is 8.60. The number of carbonyl (C=O) groups excluding carboxylic acids is 1. The number of rotatable bonds is 6. The number of aromatic hydroxyl groups is 4. The molecule has 0 radical (unpaired) electrons. The molecule has 0 fully saturated rings. The van der Waals surface area contributed by atoms with Gasteiger partial charge in [-0.2, -0.15) is 0 Å². The van der Waals surface area contributed by atoms with Crippen LogP contribution in [0, 0.1) is 0 Å². The lowest BCUT2D eigenvalue weighted by Gasteiger charge is -2.19. The van der Waals surface area contributed by atoms with Gasteiger partial charge >= 0.3 is 5.97 Å². The van der Waals surface area contributed by atoms with Crippen LogP contribution in [0.2, 0.25) is 0 Å². The van der Waals surface area contributed by atoms with Crippen molar-refractivity contribution >= 4 is 22.5 Å². The molecule has 0 aliphatic rings. The van der Waals surface area contributed by atoms with Crippen molar-refractivity contribution < 1.29 is 30.0 Å². The molecule has 182 valence electrons. The summed E-state index contributed by atoms with van der Waals surface area (Å²) in [6, 6.07) is 22.0. The van der Waals surface area contributed by atoms with Gasteiger partial charge in [-0.3, -0.25) is 4.79 Å². The van der Waals surface area contributed by atoms with Crippen molar-refractivity contribution in [3.63, 3.8) is 0 Å². The van der Waals surface area contributed by atoms with Gasteiger partial charge in [-0.05, 0) is 49.2 Å². The van der Waals surface area contributed by atoms with Gasteiger partial charge in [0.2, 0.25) is 0 Å². The van der Waals surface area contributed by atoms with Crippen LogP contribution in [0.4, 0.5) is 0 Å². The van der Waals surface area contributed by atoms with Crippen LogP contribution >= 0.6 is 0 Å². The van der Waals surface area contributed by atoms with E-state index in [9.17, 15) is 25.2 Å². The van der Waals surface area contributed by atoms with Crippen molar-refractivity contribution in [2.75, 3.05) is 0 Å². The Morgan fingerprint density at radius 1 is 0.722 bits per heavy atom. The molecular formula is C30H26O6. The molecule has 0 aliphatic carbocycles. The van der Waals surface area contributed by atoms with E-state index >= 15 is 0 Å². The maximum atomic E-state index is 13.6. The Balaban J connectivity index is 1.86. The summed E-state index contributed by atoms with van der Waals surface area (Å²) < 4.78 is 5.88. The largest absolute Gasteiger partial charge is 0.507 e. The van der Waals surface area contributed by atoms with Gasteiger partial charge in [0.05, 0.1) is 16.3 Å². The number of fused-ring (bicyclic) bond motifs is 1. The topological polar surface area (TPSA) is 107 Å². The first-order valence-corrected chi connectivity index (χ1v) is 11.3. The van der Waals surface area contributed by atoms with E-state index in [0.29, 0.717) is 0 Å². The Morgan fingerprint density at radius 2 is 1.25 bits per heavy atom. The third-order valence-corrected chi connectivity index (χ3v) is 5.74. The molecule has 0 bridgehead atoms. The number of phenolic OH excluding ortho intramolecular Hbond substituents is 4. The molecular weight excluding hydrogens is 456 g/mol. The molecule has 4 rings (SSSR count). The number of esters is 1. The van der Waals surface area contributed by atoms with Crippen LogP contribution in [-0.2, 0) is 9.53 Å². The highest BCUT2D eigenvalue weighted by Gasteiger charge is 2.27. The lowest BCUT2D eigenvalue weighted by Crippen LogP contribution is -2.17. The van der Waals surface area contributed by atoms with Crippen molar-refractivity contribution in [2.24, 2.45) is 0 Å². The summed E-state index contributed by atoms with van der Waals surface area (Å²) in [5, 5.41) is 42.0. The summed E-state index contributed by atoms with van der Waals surface area (Å²) in [4.78, 5) is 13.6. The van der Waals surface area contributed by atoms with Crippen molar-refractivity contribution in [3.8, 4) is 23.0 Å². The second-order valence-corrected chi connectivity index (χ2v) is 8.60.